The normalized spacial score (nSPS) is 15.0. The molecule has 1 aromatic rings. The molecule has 19 heavy (non-hydrogen) atoms. The first-order chi connectivity index (χ1) is 9.11. The van der Waals surface area contributed by atoms with Crippen molar-refractivity contribution in [3.63, 3.8) is 0 Å². The van der Waals surface area contributed by atoms with Crippen molar-refractivity contribution in [2.24, 2.45) is 5.92 Å². The quantitative estimate of drug-likeness (QED) is 0.803. The van der Waals surface area contributed by atoms with Gasteiger partial charge in [-0.15, -0.1) is 0 Å². The zero-order chi connectivity index (χ0) is 13.8. The van der Waals surface area contributed by atoms with Gasteiger partial charge in [-0.2, -0.15) is 0 Å². The summed E-state index contributed by atoms with van der Waals surface area (Å²) < 4.78 is 0. The Balaban J connectivity index is 2.19. The molecule has 1 aromatic carbocycles. The first-order valence-electron chi connectivity index (χ1n) is 7.62. The minimum absolute atomic E-state index is 0.777. The van der Waals surface area contributed by atoms with Crippen molar-refractivity contribution in [2.45, 2.75) is 52.6 Å². The van der Waals surface area contributed by atoms with Crippen LogP contribution in [0, 0.1) is 12.8 Å². The van der Waals surface area contributed by atoms with E-state index in [1.54, 1.807) is 0 Å². The summed E-state index contributed by atoms with van der Waals surface area (Å²) in [6.45, 7) is 8.96. The van der Waals surface area contributed by atoms with Crippen molar-refractivity contribution in [2.75, 3.05) is 18.5 Å². The molecule has 2 heteroatoms. The number of hydrogen-bond donors (Lipinski definition) is 1. The summed E-state index contributed by atoms with van der Waals surface area (Å²) in [5.74, 6) is 0.777. The first kappa shape index (κ1) is 14.4. The van der Waals surface area contributed by atoms with Crippen LogP contribution in [0.3, 0.4) is 0 Å². The van der Waals surface area contributed by atoms with E-state index in [4.69, 9.17) is 0 Å². The van der Waals surface area contributed by atoms with Gasteiger partial charge in [-0.1, -0.05) is 31.5 Å². The van der Waals surface area contributed by atoms with Crippen LogP contribution in [0.1, 0.15) is 44.2 Å². The lowest BCUT2D eigenvalue weighted by molar-refractivity contribution is 0.569. The third-order valence-corrected chi connectivity index (χ3v) is 3.85. The summed E-state index contributed by atoms with van der Waals surface area (Å²) in [4.78, 5) is 2.64. The highest BCUT2D eigenvalue weighted by Gasteiger charge is 2.30. The number of aryl methyl sites for hydroxylation is 1. The Morgan fingerprint density at radius 3 is 2.63 bits per heavy atom. The third-order valence-electron chi connectivity index (χ3n) is 3.85. The zero-order valence-electron chi connectivity index (χ0n) is 12.9. The molecule has 0 bridgehead atoms. The van der Waals surface area contributed by atoms with Crippen molar-refractivity contribution >= 4 is 5.69 Å². The fraction of sp³-hybridized carbons (Fsp3) is 0.647. The third kappa shape index (κ3) is 3.97. The van der Waals surface area contributed by atoms with Gasteiger partial charge in [-0.05, 0) is 50.8 Å². The lowest BCUT2D eigenvalue weighted by atomic mass is 10.1. The van der Waals surface area contributed by atoms with Crippen LogP contribution < -0.4 is 10.2 Å². The highest BCUT2D eigenvalue weighted by molar-refractivity contribution is 5.56. The van der Waals surface area contributed by atoms with Gasteiger partial charge in [0.25, 0.3) is 0 Å². The van der Waals surface area contributed by atoms with Crippen LogP contribution in [-0.4, -0.2) is 19.6 Å². The molecule has 0 atom stereocenters. The molecule has 2 nitrogen and oxygen atoms in total. The lowest BCUT2D eigenvalue weighted by Gasteiger charge is -2.28. The van der Waals surface area contributed by atoms with Crippen LogP contribution >= 0.6 is 0 Å². The lowest BCUT2D eigenvalue weighted by Crippen LogP contribution is -2.29. The van der Waals surface area contributed by atoms with Crippen molar-refractivity contribution in [1.29, 1.82) is 0 Å². The van der Waals surface area contributed by atoms with Crippen LogP contribution in [0.25, 0.3) is 0 Å². The molecule has 0 saturated heterocycles. The molecule has 0 amide bonds. The second-order valence-corrected chi connectivity index (χ2v) is 6.27. The Labute approximate surface area is 118 Å². The standard InChI is InChI=1S/C17H28N2/c1-13(2)9-10-19(16-6-7-16)17-8-5-14(3)11-15(17)12-18-4/h5,8,11,13,16,18H,6-7,9-10,12H2,1-4H3. The largest absolute Gasteiger partial charge is 0.368 e. The molecule has 1 aliphatic rings. The van der Waals surface area contributed by atoms with Crippen molar-refractivity contribution < 1.29 is 0 Å². The minimum atomic E-state index is 0.777. The molecule has 0 spiro atoms. The van der Waals surface area contributed by atoms with Gasteiger partial charge < -0.3 is 10.2 Å². The van der Waals surface area contributed by atoms with E-state index < -0.39 is 0 Å². The van der Waals surface area contributed by atoms with Gasteiger partial charge in [0, 0.05) is 24.8 Å². The summed E-state index contributed by atoms with van der Waals surface area (Å²) in [5.41, 5.74) is 4.25. The van der Waals surface area contributed by atoms with Gasteiger partial charge in [-0.25, -0.2) is 0 Å². The van der Waals surface area contributed by atoms with E-state index in [2.05, 4.69) is 49.2 Å². The summed E-state index contributed by atoms with van der Waals surface area (Å²) in [5, 5.41) is 3.30. The van der Waals surface area contributed by atoms with Gasteiger partial charge in [0.15, 0.2) is 0 Å². The molecule has 0 aromatic heterocycles. The van der Waals surface area contributed by atoms with Crippen LogP contribution in [0.5, 0.6) is 0 Å². The van der Waals surface area contributed by atoms with Gasteiger partial charge in [-0.3, -0.25) is 0 Å². The Hall–Kier alpha value is -1.02. The molecule has 2 rings (SSSR count). The predicted octanol–water partition coefficient (Wildman–Crippen LogP) is 3.73. The second kappa shape index (κ2) is 6.42. The van der Waals surface area contributed by atoms with Gasteiger partial charge in [0.05, 0.1) is 0 Å². The number of rotatable bonds is 7. The molecule has 1 saturated carbocycles. The van der Waals surface area contributed by atoms with E-state index in [0.29, 0.717) is 0 Å². The topological polar surface area (TPSA) is 15.3 Å². The predicted molar refractivity (Wildman–Crippen MR) is 83.8 cm³/mol. The SMILES string of the molecule is CNCc1cc(C)ccc1N(CCC(C)C)C1CC1. The molecular formula is C17H28N2. The Kier molecular flexibility index (Phi) is 4.87. The van der Waals surface area contributed by atoms with E-state index in [-0.39, 0.29) is 0 Å². The molecule has 0 heterocycles. The first-order valence-corrected chi connectivity index (χ1v) is 7.62. The van der Waals surface area contributed by atoms with Crippen molar-refractivity contribution in [3.8, 4) is 0 Å². The number of nitrogens with one attached hydrogen (secondary N) is 1. The van der Waals surface area contributed by atoms with Crippen LogP contribution in [-0.2, 0) is 6.54 Å². The Bertz CT molecular complexity index is 408. The monoisotopic (exact) mass is 260 g/mol. The maximum absolute atomic E-state index is 3.30. The maximum atomic E-state index is 3.30. The molecule has 0 radical (unpaired) electrons. The van der Waals surface area contributed by atoms with E-state index in [1.807, 2.05) is 7.05 Å². The van der Waals surface area contributed by atoms with Crippen molar-refractivity contribution in [1.82, 2.24) is 5.32 Å². The van der Waals surface area contributed by atoms with Gasteiger partial charge in [0.1, 0.15) is 0 Å². The maximum Gasteiger partial charge on any atom is 0.0414 e. The van der Waals surface area contributed by atoms with Crippen molar-refractivity contribution in [3.05, 3.63) is 29.3 Å². The number of benzene rings is 1. The molecule has 0 unspecified atom stereocenters. The highest BCUT2D eigenvalue weighted by Crippen LogP contribution is 2.34. The Morgan fingerprint density at radius 1 is 1.32 bits per heavy atom. The summed E-state index contributed by atoms with van der Waals surface area (Å²) in [7, 11) is 2.03. The smallest absolute Gasteiger partial charge is 0.0414 e. The summed E-state index contributed by atoms with van der Waals surface area (Å²) in [6.07, 6.45) is 4.01. The van der Waals surface area contributed by atoms with Gasteiger partial charge >= 0.3 is 0 Å². The summed E-state index contributed by atoms with van der Waals surface area (Å²) >= 11 is 0. The van der Waals surface area contributed by atoms with Crippen LogP contribution in [0.4, 0.5) is 5.69 Å². The average molecular weight is 260 g/mol. The molecule has 106 valence electrons. The van der Waals surface area contributed by atoms with Crippen LogP contribution in [0.2, 0.25) is 0 Å². The van der Waals surface area contributed by atoms with E-state index in [9.17, 15) is 0 Å². The van der Waals surface area contributed by atoms with Gasteiger partial charge in [0.2, 0.25) is 0 Å². The van der Waals surface area contributed by atoms with E-state index in [0.717, 1.165) is 18.5 Å². The minimum Gasteiger partial charge on any atom is -0.368 e. The molecule has 0 aliphatic heterocycles. The molecule has 1 aliphatic carbocycles. The molecule has 1 fully saturated rings. The second-order valence-electron chi connectivity index (χ2n) is 6.27. The fourth-order valence-electron chi connectivity index (χ4n) is 2.61. The summed E-state index contributed by atoms with van der Waals surface area (Å²) in [6, 6.07) is 7.69. The number of anilines is 1. The number of nitrogens with zero attached hydrogens (tertiary/aromatic N) is 1. The average Bonchev–Trinajstić information content (AvgIpc) is 3.16. The molecule has 1 N–H and O–H groups in total. The van der Waals surface area contributed by atoms with E-state index in [1.165, 1.54) is 42.6 Å². The fourth-order valence-corrected chi connectivity index (χ4v) is 2.61. The number of hydrogen-bond acceptors (Lipinski definition) is 2. The highest BCUT2D eigenvalue weighted by atomic mass is 15.2. The van der Waals surface area contributed by atoms with Crippen LogP contribution in [0.15, 0.2) is 18.2 Å². The Morgan fingerprint density at radius 2 is 2.05 bits per heavy atom. The zero-order valence-corrected chi connectivity index (χ0v) is 12.9. The van der Waals surface area contributed by atoms with E-state index >= 15 is 0 Å². The molecular weight excluding hydrogens is 232 g/mol.